The van der Waals surface area contributed by atoms with Crippen molar-refractivity contribution in [2.75, 3.05) is 0 Å². The molecule has 0 saturated carbocycles. The van der Waals surface area contributed by atoms with E-state index in [1.165, 1.54) is 18.2 Å². The molecule has 2 N–H and O–H groups in total. The van der Waals surface area contributed by atoms with Crippen molar-refractivity contribution in [1.82, 2.24) is 0 Å². The van der Waals surface area contributed by atoms with Crippen molar-refractivity contribution in [3.05, 3.63) is 71.3 Å². The Balaban J connectivity index is 1.89. The predicted molar refractivity (Wildman–Crippen MR) is 118 cm³/mol. The van der Waals surface area contributed by atoms with E-state index in [0.29, 0.717) is 25.7 Å². The van der Waals surface area contributed by atoms with Gasteiger partial charge in [-0.15, -0.1) is 0 Å². The molecule has 3 rings (SSSR count). The molecule has 0 aromatic heterocycles. The molecule has 0 bridgehead atoms. The zero-order valence-corrected chi connectivity index (χ0v) is 18.5. The molecule has 0 unspecified atom stereocenters. The summed E-state index contributed by atoms with van der Waals surface area (Å²) < 4.78 is 94.7. The number of halogens is 7. The summed E-state index contributed by atoms with van der Waals surface area (Å²) >= 11 is 0. The van der Waals surface area contributed by atoms with Crippen molar-refractivity contribution >= 4 is 0 Å². The SMILES string of the molecule is Oc1ccc(-c2ccc(-c3ccc(O)c(F)c3F)c(F)c2CCCCCCCC(F)(F)F)cc1F. The maximum Gasteiger partial charge on any atom is 0.389 e. The van der Waals surface area contributed by atoms with Gasteiger partial charge in [0, 0.05) is 17.5 Å². The first-order valence-electron chi connectivity index (χ1n) is 11.0. The lowest BCUT2D eigenvalue weighted by molar-refractivity contribution is -0.135. The molecule has 0 aliphatic carbocycles. The Hall–Kier alpha value is -3.23. The second-order valence-electron chi connectivity index (χ2n) is 8.26. The summed E-state index contributed by atoms with van der Waals surface area (Å²) in [4.78, 5) is 0. The lowest BCUT2D eigenvalue weighted by Crippen LogP contribution is -2.06. The number of phenols is 2. The average Bonchev–Trinajstić information content (AvgIpc) is 2.79. The van der Waals surface area contributed by atoms with Crippen LogP contribution in [0.1, 0.15) is 44.1 Å². The van der Waals surface area contributed by atoms with Gasteiger partial charge in [-0.3, -0.25) is 0 Å². The van der Waals surface area contributed by atoms with Crippen molar-refractivity contribution in [3.63, 3.8) is 0 Å². The van der Waals surface area contributed by atoms with E-state index in [1.54, 1.807) is 0 Å². The quantitative estimate of drug-likeness (QED) is 0.229. The van der Waals surface area contributed by atoms with Crippen molar-refractivity contribution in [2.45, 2.75) is 51.1 Å². The Labute approximate surface area is 197 Å². The smallest absolute Gasteiger partial charge is 0.389 e. The Morgan fingerprint density at radius 1 is 0.600 bits per heavy atom. The van der Waals surface area contributed by atoms with Gasteiger partial charge in [0.05, 0.1) is 0 Å². The highest BCUT2D eigenvalue weighted by Gasteiger charge is 2.26. The molecule has 35 heavy (non-hydrogen) atoms. The molecular formula is C26H23F7O2. The number of alkyl halides is 3. The van der Waals surface area contributed by atoms with E-state index in [1.807, 2.05) is 0 Å². The summed E-state index contributed by atoms with van der Waals surface area (Å²) in [5.74, 6) is -6.25. The highest BCUT2D eigenvalue weighted by molar-refractivity contribution is 5.75. The molecule has 2 nitrogen and oxygen atoms in total. The van der Waals surface area contributed by atoms with Gasteiger partial charge in [0.1, 0.15) is 5.82 Å². The predicted octanol–water partition coefficient (Wildman–Crippen LogP) is 8.43. The van der Waals surface area contributed by atoms with Crippen LogP contribution in [0.4, 0.5) is 30.7 Å². The minimum atomic E-state index is -4.21. The van der Waals surface area contributed by atoms with Gasteiger partial charge < -0.3 is 10.2 Å². The molecule has 0 aliphatic heterocycles. The van der Waals surface area contributed by atoms with Crippen molar-refractivity contribution in [3.8, 4) is 33.8 Å². The number of phenolic OH excluding ortho intramolecular Hbond substituents is 2. The third kappa shape index (κ3) is 6.46. The Bertz CT molecular complexity index is 1190. The fourth-order valence-corrected chi connectivity index (χ4v) is 3.92. The molecule has 0 fully saturated rings. The van der Waals surface area contributed by atoms with Gasteiger partial charge in [0.25, 0.3) is 0 Å². The molecule has 0 atom stereocenters. The zero-order valence-electron chi connectivity index (χ0n) is 18.5. The van der Waals surface area contributed by atoms with Gasteiger partial charge in [-0.1, -0.05) is 37.5 Å². The molecule has 0 saturated heterocycles. The zero-order chi connectivity index (χ0) is 25.8. The Morgan fingerprint density at radius 2 is 1.17 bits per heavy atom. The van der Waals surface area contributed by atoms with Gasteiger partial charge in [-0.2, -0.15) is 17.6 Å². The fourth-order valence-electron chi connectivity index (χ4n) is 3.92. The van der Waals surface area contributed by atoms with Crippen LogP contribution in [-0.2, 0) is 6.42 Å². The molecule has 0 heterocycles. The van der Waals surface area contributed by atoms with Crippen LogP contribution >= 0.6 is 0 Å². The van der Waals surface area contributed by atoms with E-state index in [2.05, 4.69) is 0 Å². The molecule has 0 amide bonds. The first-order valence-corrected chi connectivity index (χ1v) is 11.0. The molecule has 3 aromatic rings. The minimum Gasteiger partial charge on any atom is -0.505 e. The van der Waals surface area contributed by atoms with Gasteiger partial charge >= 0.3 is 6.18 Å². The second kappa shape index (κ2) is 11.0. The number of aromatic hydroxyl groups is 2. The van der Waals surface area contributed by atoms with Crippen LogP contribution in [-0.4, -0.2) is 16.4 Å². The second-order valence-corrected chi connectivity index (χ2v) is 8.26. The standard InChI is InChI=1S/C26H23F7O2/c27-20-14-15(7-11-21(20)34)16-8-9-18(19-10-12-22(35)25(30)24(19)29)23(28)17(16)6-4-2-1-3-5-13-26(31,32)33/h7-12,14,34-35H,1-6,13H2. The van der Waals surface area contributed by atoms with E-state index in [9.17, 15) is 36.6 Å². The van der Waals surface area contributed by atoms with Crippen molar-refractivity contribution < 1.29 is 40.9 Å². The van der Waals surface area contributed by atoms with Crippen LogP contribution in [0.25, 0.3) is 22.3 Å². The summed E-state index contributed by atoms with van der Waals surface area (Å²) in [5, 5.41) is 18.8. The fraction of sp³-hybridized carbons (Fsp3) is 0.308. The van der Waals surface area contributed by atoms with Crippen LogP contribution in [0.3, 0.4) is 0 Å². The molecule has 188 valence electrons. The van der Waals surface area contributed by atoms with Crippen LogP contribution < -0.4 is 0 Å². The maximum atomic E-state index is 15.6. The van der Waals surface area contributed by atoms with Gasteiger partial charge in [0.2, 0.25) is 5.82 Å². The van der Waals surface area contributed by atoms with Crippen molar-refractivity contribution in [2.24, 2.45) is 0 Å². The average molecular weight is 500 g/mol. The van der Waals surface area contributed by atoms with Gasteiger partial charge in [-0.05, 0) is 60.2 Å². The summed E-state index contributed by atoms with van der Waals surface area (Å²) in [6.45, 7) is 0. The summed E-state index contributed by atoms with van der Waals surface area (Å²) in [5.41, 5.74) is -0.0415. The minimum absolute atomic E-state index is 0.00290. The normalized spacial score (nSPS) is 11.7. The van der Waals surface area contributed by atoms with E-state index >= 15 is 4.39 Å². The third-order valence-corrected chi connectivity index (χ3v) is 5.74. The van der Waals surface area contributed by atoms with E-state index < -0.39 is 52.9 Å². The molecule has 0 radical (unpaired) electrons. The summed E-state index contributed by atoms with van der Waals surface area (Å²) in [6.07, 6.45) is -3.21. The highest BCUT2D eigenvalue weighted by Crippen LogP contribution is 2.37. The van der Waals surface area contributed by atoms with E-state index in [0.717, 1.165) is 24.3 Å². The molecular weight excluding hydrogens is 477 g/mol. The van der Waals surface area contributed by atoms with E-state index in [4.69, 9.17) is 0 Å². The van der Waals surface area contributed by atoms with Crippen LogP contribution in [0, 0.1) is 23.3 Å². The molecule has 0 spiro atoms. The topological polar surface area (TPSA) is 40.5 Å². The molecule has 3 aromatic carbocycles. The lowest BCUT2D eigenvalue weighted by Gasteiger charge is -2.16. The number of rotatable bonds is 9. The Morgan fingerprint density at radius 3 is 1.86 bits per heavy atom. The number of benzene rings is 3. The first kappa shape index (κ1) is 26.4. The van der Waals surface area contributed by atoms with Gasteiger partial charge in [-0.25, -0.2) is 13.2 Å². The number of unbranched alkanes of at least 4 members (excludes halogenated alkanes) is 4. The summed E-state index contributed by atoms with van der Waals surface area (Å²) in [6, 6.07) is 8.08. The highest BCUT2D eigenvalue weighted by atomic mass is 19.4. The van der Waals surface area contributed by atoms with Crippen LogP contribution in [0.2, 0.25) is 0 Å². The van der Waals surface area contributed by atoms with E-state index in [-0.39, 0.29) is 35.1 Å². The van der Waals surface area contributed by atoms with Gasteiger partial charge in [0.15, 0.2) is 23.1 Å². The van der Waals surface area contributed by atoms with Crippen LogP contribution in [0.15, 0.2) is 42.5 Å². The third-order valence-electron chi connectivity index (χ3n) is 5.74. The molecule has 9 heteroatoms. The monoisotopic (exact) mass is 500 g/mol. The van der Waals surface area contributed by atoms with Crippen LogP contribution in [0.5, 0.6) is 11.5 Å². The molecule has 0 aliphatic rings. The number of hydrogen-bond donors (Lipinski definition) is 2. The Kier molecular flexibility index (Phi) is 8.30. The first-order chi connectivity index (χ1) is 16.5. The van der Waals surface area contributed by atoms with Crippen molar-refractivity contribution in [1.29, 1.82) is 0 Å². The summed E-state index contributed by atoms with van der Waals surface area (Å²) in [7, 11) is 0. The number of hydrogen-bond acceptors (Lipinski definition) is 2. The largest absolute Gasteiger partial charge is 0.505 e. The maximum absolute atomic E-state index is 15.6. The lowest BCUT2D eigenvalue weighted by atomic mass is 9.90.